The van der Waals surface area contributed by atoms with Gasteiger partial charge in [0.05, 0.1) is 5.69 Å². The molecule has 1 aromatic carbocycles. The quantitative estimate of drug-likeness (QED) is 0.781. The van der Waals surface area contributed by atoms with Crippen LogP contribution >= 0.6 is 0 Å². The molecule has 3 heterocycles. The molecule has 2 aromatic heterocycles. The molecule has 4 heteroatoms. The second-order valence-electron chi connectivity index (χ2n) is 5.65. The Hall–Kier alpha value is -2.75. The van der Waals surface area contributed by atoms with Gasteiger partial charge < -0.3 is 0 Å². The van der Waals surface area contributed by atoms with Crippen molar-refractivity contribution in [2.75, 3.05) is 6.54 Å². The highest BCUT2D eigenvalue weighted by Gasteiger charge is 2.12. The molecule has 22 heavy (non-hydrogen) atoms. The molecule has 1 unspecified atom stereocenters. The number of aliphatic imine (C=N–C) groups is 1. The van der Waals surface area contributed by atoms with Gasteiger partial charge in [0.25, 0.3) is 0 Å². The van der Waals surface area contributed by atoms with Crippen LogP contribution in [-0.2, 0) is 0 Å². The lowest BCUT2D eigenvalue weighted by Gasteiger charge is -2.11. The average Bonchev–Trinajstić information content (AvgIpc) is 2.99. The Morgan fingerprint density at radius 1 is 1.14 bits per heavy atom. The molecule has 108 valence electrons. The first kappa shape index (κ1) is 13.0. The average molecular weight is 288 g/mol. The van der Waals surface area contributed by atoms with Crippen LogP contribution in [-0.4, -0.2) is 27.9 Å². The van der Waals surface area contributed by atoms with Crippen molar-refractivity contribution in [2.45, 2.75) is 6.92 Å². The molecule has 0 bridgehead atoms. The van der Waals surface area contributed by atoms with E-state index in [0.717, 1.165) is 40.0 Å². The van der Waals surface area contributed by atoms with Gasteiger partial charge in [-0.15, -0.1) is 0 Å². The zero-order chi connectivity index (χ0) is 14.9. The monoisotopic (exact) mass is 288 g/mol. The van der Waals surface area contributed by atoms with Crippen molar-refractivity contribution in [3.8, 4) is 11.3 Å². The number of pyridine rings is 1. The number of hydrogen-bond acceptors (Lipinski definition) is 3. The van der Waals surface area contributed by atoms with E-state index in [1.807, 2.05) is 30.6 Å². The summed E-state index contributed by atoms with van der Waals surface area (Å²) in [7, 11) is 0. The molecule has 0 amide bonds. The summed E-state index contributed by atoms with van der Waals surface area (Å²) in [6, 6.07) is 12.3. The Balaban J connectivity index is 1.85. The standard InChI is InChI=1S/C18H16N4/c1-12-7-14(10-19-9-12)15-8-16-17(13-5-3-2-4-6-13)21-22-18(16)20-11-15/h2-8,10-12H,9H2,1H3,(H,20,21,22). The molecule has 1 aliphatic rings. The van der Waals surface area contributed by atoms with Crippen molar-refractivity contribution in [1.82, 2.24) is 15.2 Å². The topological polar surface area (TPSA) is 53.9 Å². The van der Waals surface area contributed by atoms with E-state index in [-0.39, 0.29) is 0 Å². The number of nitrogens with zero attached hydrogens (tertiary/aromatic N) is 3. The van der Waals surface area contributed by atoms with E-state index in [9.17, 15) is 0 Å². The molecule has 1 N–H and O–H groups in total. The summed E-state index contributed by atoms with van der Waals surface area (Å²) in [5.74, 6) is 0.466. The van der Waals surface area contributed by atoms with Gasteiger partial charge in [0, 0.05) is 35.5 Å². The Morgan fingerprint density at radius 2 is 2.00 bits per heavy atom. The fraction of sp³-hybridized carbons (Fsp3) is 0.167. The third kappa shape index (κ3) is 2.22. The molecular weight excluding hydrogens is 272 g/mol. The van der Waals surface area contributed by atoms with Gasteiger partial charge >= 0.3 is 0 Å². The van der Waals surface area contributed by atoms with Crippen LogP contribution in [0, 0.1) is 5.92 Å². The summed E-state index contributed by atoms with van der Waals surface area (Å²) in [4.78, 5) is 8.90. The van der Waals surface area contributed by atoms with E-state index in [1.54, 1.807) is 0 Å². The minimum Gasteiger partial charge on any atom is -0.292 e. The molecule has 1 atom stereocenters. The van der Waals surface area contributed by atoms with Gasteiger partial charge in [-0.05, 0) is 17.6 Å². The Kier molecular flexibility index (Phi) is 3.07. The minimum atomic E-state index is 0.466. The molecule has 1 aliphatic heterocycles. The van der Waals surface area contributed by atoms with Crippen LogP contribution in [0.4, 0.5) is 0 Å². The number of dihydropyridines is 1. The van der Waals surface area contributed by atoms with Crippen molar-refractivity contribution >= 4 is 22.8 Å². The van der Waals surface area contributed by atoms with E-state index in [1.165, 1.54) is 0 Å². The zero-order valence-electron chi connectivity index (χ0n) is 12.3. The van der Waals surface area contributed by atoms with E-state index < -0.39 is 0 Å². The fourth-order valence-electron chi connectivity index (χ4n) is 2.77. The predicted molar refractivity (Wildman–Crippen MR) is 89.8 cm³/mol. The second kappa shape index (κ2) is 5.22. The highest BCUT2D eigenvalue weighted by atomic mass is 15.1. The van der Waals surface area contributed by atoms with Gasteiger partial charge in [-0.25, -0.2) is 4.98 Å². The van der Waals surface area contributed by atoms with E-state index in [2.05, 4.69) is 51.4 Å². The summed E-state index contributed by atoms with van der Waals surface area (Å²) < 4.78 is 0. The smallest absolute Gasteiger partial charge is 0.181 e. The van der Waals surface area contributed by atoms with Gasteiger partial charge in [-0.2, -0.15) is 5.10 Å². The molecule has 0 spiro atoms. The van der Waals surface area contributed by atoms with E-state index >= 15 is 0 Å². The molecule has 4 rings (SSSR count). The van der Waals surface area contributed by atoms with Crippen LogP contribution < -0.4 is 0 Å². The van der Waals surface area contributed by atoms with Crippen LogP contribution in [0.5, 0.6) is 0 Å². The minimum absolute atomic E-state index is 0.466. The number of fused-ring (bicyclic) bond motifs is 1. The summed E-state index contributed by atoms with van der Waals surface area (Å²) >= 11 is 0. The highest BCUT2D eigenvalue weighted by molar-refractivity contribution is 6.11. The lowest BCUT2D eigenvalue weighted by atomic mass is 9.99. The number of rotatable bonds is 2. The number of benzene rings is 1. The second-order valence-corrected chi connectivity index (χ2v) is 5.65. The summed E-state index contributed by atoms with van der Waals surface area (Å²) in [6.07, 6.45) is 6.05. The first-order valence-corrected chi connectivity index (χ1v) is 7.43. The Labute approximate surface area is 128 Å². The molecule has 0 fully saturated rings. The number of allylic oxidation sites excluding steroid dienone is 1. The Bertz CT molecular complexity index is 874. The third-order valence-corrected chi connectivity index (χ3v) is 3.89. The fourth-order valence-corrected chi connectivity index (χ4v) is 2.77. The first-order valence-electron chi connectivity index (χ1n) is 7.43. The molecule has 0 radical (unpaired) electrons. The normalized spacial score (nSPS) is 17.7. The lowest BCUT2D eigenvalue weighted by Crippen LogP contribution is -2.03. The number of hydrogen-bond donors (Lipinski definition) is 1. The van der Waals surface area contributed by atoms with E-state index in [4.69, 9.17) is 0 Å². The number of aromatic nitrogens is 3. The number of nitrogens with one attached hydrogen (secondary N) is 1. The van der Waals surface area contributed by atoms with Crippen molar-refractivity contribution < 1.29 is 0 Å². The maximum atomic E-state index is 4.48. The van der Waals surface area contributed by atoms with Crippen LogP contribution in [0.3, 0.4) is 0 Å². The van der Waals surface area contributed by atoms with Crippen molar-refractivity contribution in [1.29, 1.82) is 0 Å². The van der Waals surface area contributed by atoms with Crippen molar-refractivity contribution in [3.05, 3.63) is 54.2 Å². The Morgan fingerprint density at radius 3 is 2.82 bits per heavy atom. The van der Waals surface area contributed by atoms with Gasteiger partial charge in [0.2, 0.25) is 0 Å². The maximum Gasteiger partial charge on any atom is 0.181 e. The lowest BCUT2D eigenvalue weighted by molar-refractivity contribution is 0.740. The van der Waals surface area contributed by atoms with E-state index in [0.29, 0.717) is 5.92 Å². The van der Waals surface area contributed by atoms with Crippen molar-refractivity contribution in [2.24, 2.45) is 10.9 Å². The number of aromatic amines is 1. The van der Waals surface area contributed by atoms with Crippen molar-refractivity contribution in [3.63, 3.8) is 0 Å². The van der Waals surface area contributed by atoms with Crippen LogP contribution in [0.2, 0.25) is 0 Å². The summed E-state index contributed by atoms with van der Waals surface area (Å²) in [6.45, 7) is 3.04. The van der Waals surface area contributed by atoms with Gasteiger partial charge in [0.1, 0.15) is 0 Å². The molecule has 0 saturated carbocycles. The van der Waals surface area contributed by atoms with Gasteiger partial charge in [-0.3, -0.25) is 10.1 Å². The molecular formula is C18H16N4. The third-order valence-electron chi connectivity index (χ3n) is 3.89. The van der Waals surface area contributed by atoms with Crippen LogP contribution in [0.15, 0.2) is 53.7 Å². The summed E-state index contributed by atoms with van der Waals surface area (Å²) in [5.41, 5.74) is 5.08. The largest absolute Gasteiger partial charge is 0.292 e. The molecule has 0 saturated heterocycles. The van der Waals surface area contributed by atoms with Crippen LogP contribution in [0.25, 0.3) is 27.9 Å². The molecule has 4 nitrogen and oxygen atoms in total. The molecule has 3 aromatic rings. The highest BCUT2D eigenvalue weighted by Crippen LogP contribution is 2.28. The van der Waals surface area contributed by atoms with Gasteiger partial charge in [0.15, 0.2) is 5.65 Å². The van der Waals surface area contributed by atoms with Gasteiger partial charge in [-0.1, -0.05) is 43.3 Å². The summed E-state index contributed by atoms with van der Waals surface area (Å²) in [5, 5.41) is 8.45. The van der Waals surface area contributed by atoms with Crippen LogP contribution in [0.1, 0.15) is 12.5 Å². The predicted octanol–water partition coefficient (Wildman–Crippen LogP) is 3.73. The number of H-pyrrole nitrogens is 1. The zero-order valence-corrected chi connectivity index (χ0v) is 12.3. The SMILES string of the molecule is CC1C=C(c2cnc3n[nH]c(-c4ccccc4)c3c2)C=NC1. The molecule has 0 aliphatic carbocycles. The first-order chi connectivity index (χ1) is 10.8. The maximum absolute atomic E-state index is 4.48.